The summed E-state index contributed by atoms with van der Waals surface area (Å²) < 4.78 is 52.0. The first-order chi connectivity index (χ1) is 15.6. The number of ether oxygens (including phenoxy) is 2. The van der Waals surface area contributed by atoms with Gasteiger partial charge in [0.05, 0.1) is 24.0 Å². The van der Waals surface area contributed by atoms with Crippen molar-refractivity contribution >= 4 is 15.9 Å². The normalized spacial score (nSPS) is 22.7. The first kappa shape index (κ1) is 23.5. The number of rotatable bonds is 5. The molecule has 0 saturated carbocycles. The highest BCUT2D eigenvalue weighted by Gasteiger charge is 2.38. The largest absolute Gasteiger partial charge is 0.497 e. The monoisotopic (exact) mass is 476 g/mol. The van der Waals surface area contributed by atoms with Crippen molar-refractivity contribution in [2.24, 2.45) is 5.92 Å². The lowest BCUT2D eigenvalue weighted by Crippen LogP contribution is -2.48. The Hall–Kier alpha value is -2.65. The van der Waals surface area contributed by atoms with E-state index in [0.717, 1.165) is 17.7 Å². The van der Waals surface area contributed by atoms with Crippen LogP contribution >= 0.6 is 0 Å². The number of methoxy groups -OCH3 is 1. The number of benzene rings is 2. The first-order valence-electron chi connectivity index (χ1n) is 11.0. The Morgan fingerprint density at radius 3 is 2.64 bits per heavy atom. The van der Waals surface area contributed by atoms with Gasteiger partial charge in [-0.05, 0) is 69.2 Å². The Bertz CT molecular complexity index is 1130. The molecule has 7 nitrogen and oxygen atoms in total. The van der Waals surface area contributed by atoms with Gasteiger partial charge in [0.25, 0.3) is 0 Å². The summed E-state index contributed by atoms with van der Waals surface area (Å²) in [4.78, 5) is 13.3. The van der Waals surface area contributed by atoms with Crippen molar-refractivity contribution in [2.45, 2.75) is 49.6 Å². The maximum absolute atomic E-state index is 13.2. The molecule has 0 aromatic heterocycles. The predicted molar refractivity (Wildman–Crippen MR) is 121 cm³/mol. The molecular formula is C24H29FN2O5S. The van der Waals surface area contributed by atoms with Gasteiger partial charge in [0.1, 0.15) is 22.9 Å². The average Bonchev–Trinajstić information content (AvgIpc) is 2.78. The molecule has 0 unspecified atom stereocenters. The molecule has 2 heterocycles. The summed E-state index contributed by atoms with van der Waals surface area (Å²) >= 11 is 0. The lowest BCUT2D eigenvalue weighted by atomic mass is 9.88. The van der Waals surface area contributed by atoms with Gasteiger partial charge in [-0.2, -0.15) is 4.31 Å². The second-order valence-corrected chi connectivity index (χ2v) is 11.1. The molecule has 1 N–H and O–H groups in total. The van der Waals surface area contributed by atoms with E-state index in [1.54, 1.807) is 7.11 Å². The fourth-order valence-electron chi connectivity index (χ4n) is 4.51. The molecule has 33 heavy (non-hydrogen) atoms. The van der Waals surface area contributed by atoms with Crippen LogP contribution in [0.25, 0.3) is 0 Å². The van der Waals surface area contributed by atoms with E-state index in [1.165, 1.54) is 16.4 Å². The number of hydrogen-bond donors (Lipinski definition) is 1. The van der Waals surface area contributed by atoms with Crippen LogP contribution in [0.2, 0.25) is 0 Å². The third kappa shape index (κ3) is 4.99. The highest BCUT2D eigenvalue weighted by molar-refractivity contribution is 7.89. The summed E-state index contributed by atoms with van der Waals surface area (Å²) in [5, 5.41) is 3.13. The van der Waals surface area contributed by atoms with Crippen LogP contribution in [-0.2, 0) is 14.8 Å². The molecule has 1 amide bonds. The van der Waals surface area contributed by atoms with E-state index in [2.05, 4.69) is 5.32 Å². The summed E-state index contributed by atoms with van der Waals surface area (Å²) in [7, 11) is -2.22. The van der Waals surface area contributed by atoms with Gasteiger partial charge in [-0.15, -0.1) is 0 Å². The average molecular weight is 477 g/mol. The molecule has 2 aromatic carbocycles. The third-order valence-corrected chi connectivity index (χ3v) is 8.08. The molecule has 0 bridgehead atoms. The molecule has 4 rings (SSSR count). The third-order valence-electron chi connectivity index (χ3n) is 6.20. The molecule has 2 aromatic rings. The van der Waals surface area contributed by atoms with Gasteiger partial charge < -0.3 is 14.8 Å². The molecule has 0 spiro atoms. The number of hydrogen-bond acceptors (Lipinski definition) is 5. The zero-order valence-corrected chi connectivity index (χ0v) is 19.8. The number of nitrogens with zero attached hydrogens (tertiary/aromatic N) is 1. The Morgan fingerprint density at radius 2 is 1.94 bits per heavy atom. The van der Waals surface area contributed by atoms with Crippen molar-refractivity contribution in [1.82, 2.24) is 9.62 Å². The Kier molecular flexibility index (Phi) is 6.37. The minimum atomic E-state index is -3.80. The van der Waals surface area contributed by atoms with Crippen molar-refractivity contribution in [2.75, 3.05) is 20.2 Å². The number of piperidine rings is 1. The quantitative estimate of drug-likeness (QED) is 0.712. The minimum Gasteiger partial charge on any atom is -0.497 e. The summed E-state index contributed by atoms with van der Waals surface area (Å²) in [6.45, 7) is 4.35. The standard InChI is InChI=1S/C24H29FN2O5S/c1-24(2)14-21(20-13-18(31-3)8-11-22(20)32-24)26-23(28)16-5-4-12-27(15-16)33(29,30)19-9-6-17(25)7-10-19/h6-11,13,16,21H,4-5,12,14-15H2,1-3H3,(H,26,28)/t16-,21+/m1/s1. The van der Waals surface area contributed by atoms with Gasteiger partial charge in [-0.3, -0.25) is 4.79 Å². The van der Waals surface area contributed by atoms with Crippen LogP contribution in [0, 0.1) is 11.7 Å². The Balaban J connectivity index is 1.51. The zero-order valence-electron chi connectivity index (χ0n) is 19.0. The molecule has 0 radical (unpaired) electrons. The van der Waals surface area contributed by atoms with Crippen LogP contribution in [0.5, 0.6) is 11.5 Å². The van der Waals surface area contributed by atoms with Crippen molar-refractivity contribution < 1.29 is 27.1 Å². The number of halogens is 1. The SMILES string of the molecule is COc1ccc2c(c1)[C@@H](NC(=O)[C@@H]1CCCN(S(=O)(=O)c3ccc(F)cc3)C1)CC(C)(C)O2. The smallest absolute Gasteiger partial charge is 0.243 e. The van der Waals surface area contributed by atoms with Crippen LogP contribution in [0.3, 0.4) is 0 Å². The van der Waals surface area contributed by atoms with Crippen LogP contribution in [-0.4, -0.2) is 44.4 Å². The zero-order chi connectivity index (χ0) is 23.8. The second kappa shape index (κ2) is 8.95. The van der Waals surface area contributed by atoms with Gasteiger partial charge in [0.2, 0.25) is 15.9 Å². The van der Waals surface area contributed by atoms with E-state index in [9.17, 15) is 17.6 Å². The van der Waals surface area contributed by atoms with E-state index in [1.807, 2.05) is 32.0 Å². The van der Waals surface area contributed by atoms with Crippen molar-refractivity contribution in [3.8, 4) is 11.5 Å². The van der Waals surface area contributed by atoms with Crippen molar-refractivity contribution in [3.05, 3.63) is 53.8 Å². The lowest BCUT2D eigenvalue weighted by molar-refractivity contribution is -0.127. The molecule has 9 heteroatoms. The van der Waals surface area contributed by atoms with Gasteiger partial charge in [0, 0.05) is 25.1 Å². The fourth-order valence-corrected chi connectivity index (χ4v) is 6.03. The molecule has 0 aliphatic carbocycles. The number of carbonyl (C=O) groups excluding carboxylic acids is 1. The van der Waals surface area contributed by atoms with E-state index in [4.69, 9.17) is 9.47 Å². The van der Waals surface area contributed by atoms with Crippen molar-refractivity contribution in [3.63, 3.8) is 0 Å². The summed E-state index contributed by atoms with van der Waals surface area (Å²) in [5.41, 5.74) is 0.373. The molecule has 2 aliphatic heterocycles. The van der Waals surface area contributed by atoms with E-state index >= 15 is 0 Å². The van der Waals surface area contributed by atoms with E-state index in [-0.39, 0.29) is 23.4 Å². The highest BCUT2D eigenvalue weighted by atomic mass is 32.2. The molecular weight excluding hydrogens is 447 g/mol. The Labute approximate surface area is 193 Å². The number of amides is 1. The van der Waals surface area contributed by atoms with E-state index < -0.39 is 27.4 Å². The molecule has 2 aliphatic rings. The number of sulfonamides is 1. The second-order valence-electron chi connectivity index (χ2n) is 9.19. The van der Waals surface area contributed by atoms with E-state index in [0.29, 0.717) is 37.3 Å². The minimum absolute atomic E-state index is 0.0251. The summed E-state index contributed by atoms with van der Waals surface area (Å²) in [6, 6.07) is 9.99. The van der Waals surface area contributed by atoms with Crippen LogP contribution in [0.4, 0.5) is 4.39 Å². The number of nitrogens with one attached hydrogen (secondary N) is 1. The number of fused-ring (bicyclic) bond motifs is 1. The van der Waals surface area contributed by atoms with Gasteiger partial charge in [0.15, 0.2) is 0 Å². The molecule has 2 atom stereocenters. The Morgan fingerprint density at radius 1 is 1.21 bits per heavy atom. The first-order valence-corrected chi connectivity index (χ1v) is 12.5. The lowest BCUT2D eigenvalue weighted by Gasteiger charge is -2.39. The topological polar surface area (TPSA) is 84.9 Å². The highest BCUT2D eigenvalue weighted by Crippen LogP contribution is 2.41. The van der Waals surface area contributed by atoms with Crippen LogP contribution in [0.15, 0.2) is 47.4 Å². The van der Waals surface area contributed by atoms with Crippen LogP contribution < -0.4 is 14.8 Å². The maximum atomic E-state index is 13.2. The van der Waals surface area contributed by atoms with Gasteiger partial charge >= 0.3 is 0 Å². The maximum Gasteiger partial charge on any atom is 0.243 e. The summed E-state index contributed by atoms with van der Waals surface area (Å²) in [5.74, 6) is 0.202. The number of carbonyl (C=O) groups is 1. The van der Waals surface area contributed by atoms with Crippen molar-refractivity contribution in [1.29, 1.82) is 0 Å². The molecule has 1 fully saturated rings. The fraction of sp³-hybridized carbons (Fsp3) is 0.458. The van der Waals surface area contributed by atoms with Gasteiger partial charge in [-0.1, -0.05) is 0 Å². The molecule has 178 valence electrons. The molecule has 1 saturated heterocycles. The summed E-state index contributed by atoms with van der Waals surface area (Å²) in [6.07, 6.45) is 1.74. The van der Waals surface area contributed by atoms with Gasteiger partial charge in [-0.25, -0.2) is 12.8 Å². The predicted octanol–water partition coefficient (Wildman–Crippen LogP) is 3.65. The van der Waals surface area contributed by atoms with Crippen LogP contribution in [0.1, 0.15) is 44.7 Å².